The van der Waals surface area contributed by atoms with Crippen molar-refractivity contribution in [3.05, 3.63) is 29.8 Å². The first-order chi connectivity index (χ1) is 6.66. The monoisotopic (exact) mass is 218 g/mol. The number of aromatic nitrogens is 4. The number of rotatable bonds is 2. The van der Waals surface area contributed by atoms with E-state index in [4.69, 9.17) is 11.6 Å². The number of hydrogen-bond acceptors (Lipinski definition) is 2. The molecule has 0 aromatic carbocycles. The summed E-state index contributed by atoms with van der Waals surface area (Å²) in [4.78, 5) is 0. The van der Waals surface area contributed by atoms with Gasteiger partial charge in [-0.1, -0.05) is 11.6 Å². The SMILES string of the molecule is FC(F)n1cc(-n2ccc(Cl)n2)cn1. The molecule has 0 fully saturated rings. The van der Waals surface area contributed by atoms with Gasteiger partial charge in [-0.3, -0.25) is 0 Å². The van der Waals surface area contributed by atoms with Crippen molar-refractivity contribution in [2.24, 2.45) is 0 Å². The molecule has 2 rings (SSSR count). The predicted octanol–water partition coefficient (Wildman–Crippen LogP) is 2.12. The summed E-state index contributed by atoms with van der Waals surface area (Å²) in [5.74, 6) is 0. The fourth-order valence-electron chi connectivity index (χ4n) is 0.999. The highest BCUT2D eigenvalue weighted by Crippen LogP contribution is 2.13. The zero-order valence-electron chi connectivity index (χ0n) is 6.81. The molecule has 14 heavy (non-hydrogen) atoms. The fraction of sp³-hybridized carbons (Fsp3) is 0.143. The smallest absolute Gasteiger partial charge is 0.236 e. The van der Waals surface area contributed by atoms with Gasteiger partial charge in [0.05, 0.1) is 12.4 Å². The van der Waals surface area contributed by atoms with Gasteiger partial charge >= 0.3 is 6.55 Å². The molecule has 0 amide bonds. The normalized spacial score (nSPS) is 11.1. The van der Waals surface area contributed by atoms with Crippen LogP contribution in [-0.2, 0) is 0 Å². The molecule has 0 radical (unpaired) electrons. The summed E-state index contributed by atoms with van der Waals surface area (Å²) < 4.78 is 26.2. The Kier molecular flexibility index (Phi) is 2.20. The summed E-state index contributed by atoms with van der Waals surface area (Å²) >= 11 is 5.57. The molecule has 0 aliphatic rings. The van der Waals surface area contributed by atoms with E-state index in [9.17, 15) is 8.78 Å². The first-order valence-electron chi connectivity index (χ1n) is 3.70. The molecule has 0 unspecified atom stereocenters. The first-order valence-corrected chi connectivity index (χ1v) is 4.08. The lowest BCUT2D eigenvalue weighted by Crippen LogP contribution is -1.97. The van der Waals surface area contributed by atoms with Crippen LogP contribution in [0.2, 0.25) is 5.15 Å². The van der Waals surface area contributed by atoms with Crippen LogP contribution in [0.4, 0.5) is 8.78 Å². The van der Waals surface area contributed by atoms with Crippen molar-refractivity contribution in [3.63, 3.8) is 0 Å². The van der Waals surface area contributed by atoms with Crippen molar-refractivity contribution < 1.29 is 8.78 Å². The van der Waals surface area contributed by atoms with Crippen LogP contribution >= 0.6 is 11.6 Å². The molecule has 0 aliphatic heterocycles. The Balaban J connectivity index is 2.33. The molecule has 2 aromatic rings. The molecule has 2 aromatic heterocycles. The maximum absolute atomic E-state index is 12.1. The van der Waals surface area contributed by atoms with E-state index in [0.717, 1.165) is 0 Å². The van der Waals surface area contributed by atoms with E-state index in [-0.39, 0.29) is 0 Å². The van der Waals surface area contributed by atoms with Gasteiger partial charge < -0.3 is 0 Å². The highest BCUT2D eigenvalue weighted by molar-refractivity contribution is 6.29. The molecular formula is C7H5ClF2N4. The van der Waals surface area contributed by atoms with Crippen LogP contribution < -0.4 is 0 Å². The van der Waals surface area contributed by atoms with Crippen molar-refractivity contribution in [2.75, 3.05) is 0 Å². The Bertz CT molecular complexity index is 436. The predicted molar refractivity (Wildman–Crippen MR) is 45.6 cm³/mol. The van der Waals surface area contributed by atoms with Crippen LogP contribution in [-0.4, -0.2) is 19.6 Å². The van der Waals surface area contributed by atoms with Crippen LogP contribution in [0.1, 0.15) is 6.55 Å². The van der Waals surface area contributed by atoms with E-state index in [1.165, 1.54) is 17.1 Å². The molecule has 7 heteroatoms. The van der Waals surface area contributed by atoms with Crippen molar-refractivity contribution in [1.82, 2.24) is 19.6 Å². The second-order valence-electron chi connectivity index (χ2n) is 2.54. The van der Waals surface area contributed by atoms with Crippen molar-refractivity contribution in [2.45, 2.75) is 6.55 Å². The lowest BCUT2D eigenvalue weighted by molar-refractivity contribution is 0.0566. The minimum absolute atomic E-state index is 0.301. The van der Waals surface area contributed by atoms with Gasteiger partial charge in [0, 0.05) is 6.20 Å². The van der Waals surface area contributed by atoms with Crippen molar-refractivity contribution in [1.29, 1.82) is 0 Å². The summed E-state index contributed by atoms with van der Waals surface area (Å²) in [7, 11) is 0. The highest BCUT2D eigenvalue weighted by atomic mass is 35.5. The average Bonchev–Trinajstić information content (AvgIpc) is 2.70. The van der Waals surface area contributed by atoms with Gasteiger partial charge in [-0.05, 0) is 6.07 Å². The number of alkyl halides is 2. The Morgan fingerprint density at radius 1 is 1.43 bits per heavy atom. The van der Waals surface area contributed by atoms with Crippen molar-refractivity contribution >= 4 is 11.6 Å². The topological polar surface area (TPSA) is 35.6 Å². The average molecular weight is 219 g/mol. The standard InChI is InChI=1S/C7H5ClF2N4/c8-6-1-2-13(12-6)5-3-11-14(4-5)7(9)10/h1-4,7H. The third-order valence-electron chi connectivity index (χ3n) is 1.61. The van der Waals surface area contributed by atoms with Crippen LogP contribution in [0, 0.1) is 0 Å². The summed E-state index contributed by atoms with van der Waals surface area (Å²) in [6.07, 6.45) is 4.04. The maximum atomic E-state index is 12.1. The molecule has 0 spiro atoms. The molecule has 2 heterocycles. The van der Waals surface area contributed by atoms with E-state index >= 15 is 0 Å². The largest absolute Gasteiger partial charge is 0.333 e. The molecule has 74 valence electrons. The molecule has 0 saturated heterocycles. The van der Waals surface area contributed by atoms with Gasteiger partial charge in [0.15, 0.2) is 5.15 Å². The van der Waals surface area contributed by atoms with Crippen LogP contribution in [0.25, 0.3) is 5.69 Å². The first kappa shape index (κ1) is 9.14. The molecular weight excluding hydrogens is 214 g/mol. The number of nitrogens with zero attached hydrogens (tertiary/aromatic N) is 4. The lowest BCUT2D eigenvalue weighted by atomic mass is 10.6. The summed E-state index contributed by atoms with van der Waals surface area (Å²) in [6.45, 7) is -2.64. The minimum Gasteiger partial charge on any atom is -0.236 e. The van der Waals surface area contributed by atoms with Gasteiger partial charge in [0.1, 0.15) is 5.69 Å². The summed E-state index contributed by atoms with van der Waals surface area (Å²) in [5, 5.41) is 7.60. The van der Waals surface area contributed by atoms with Gasteiger partial charge in [0.2, 0.25) is 0 Å². The zero-order valence-corrected chi connectivity index (χ0v) is 7.57. The number of hydrogen-bond donors (Lipinski definition) is 0. The Labute approximate surface area is 82.7 Å². The third-order valence-corrected chi connectivity index (χ3v) is 1.81. The van der Waals surface area contributed by atoms with E-state index in [1.54, 1.807) is 12.3 Å². The molecule has 0 bridgehead atoms. The van der Waals surface area contributed by atoms with E-state index < -0.39 is 6.55 Å². The highest BCUT2D eigenvalue weighted by Gasteiger charge is 2.08. The Morgan fingerprint density at radius 3 is 2.71 bits per heavy atom. The molecule has 0 N–H and O–H groups in total. The molecule has 4 nitrogen and oxygen atoms in total. The molecule has 0 aliphatic carbocycles. The quantitative estimate of drug-likeness (QED) is 0.774. The van der Waals surface area contributed by atoms with Gasteiger partial charge in [0.25, 0.3) is 0 Å². The lowest BCUT2D eigenvalue weighted by Gasteiger charge is -1.96. The number of halogens is 3. The summed E-state index contributed by atoms with van der Waals surface area (Å²) in [5.41, 5.74) is 0.442. The van der Waals surface area contributed by atoms with E-state index in [2.05, 4.69) is 10.2 Å². The van der Waals surface area contributed by atoms with E-state index in [0.29, 0.717) is 15.5 Å². The zero-order chi connectivity index (χ0) is 10.1. The van der Waals surface area contributed by atoms with Gasteiger partial charge in [-0.15, -0.1) is 0 Å². The second kappa shape index (κ2) is 3.38. The second-order valence-corrected chi connectivity index (χ2v) is 2.93. The molecule has 0 atom stereocenters. The fourth-order valence-corrected chi connectivity index (χ4v) is 1.14. The maximum Gasteiger partial charge on any atom is 0.333 e. The third kappa shape index (κ3) is 1.60. The summed E-state index contributed by atoms with van der Waals surface area (Å²) in [6, 6.07) is 1.56. The van der Waals surface area contributed by atoms with E-state index in [1.807, 2.05) is 0 Å². The van der Waals surface area contributed by atoms with Crippen molar-refractivity contribution in [3.8, 4) is 5.69 Å². The Hall–Kier alpha value is -1.43. The Morgan fingerprint density at radius 2 is 2.21 bits per heavy atom. The van der Waals surface area contributed by atoms with Crippen LogP contribution in [0.3, 0.4) is 0 Å². The van der Waals surface area contributed by atoms with Crippen LogP contribution in [0.5, 0.6) is 0 Å². The van der Waals surface area contributed by atoms with Crippen LogP contribution in [0.15, 0.2) is 24.7 Å². The van der Waals surface area contributed by atoms with Gasteiger partial charge in [-0.25, -0.2) is 9.36 Å². The van der Waals surface area contributed by atoms with Gasteiger partial charge in [-0.2, -0.15) is 19.0 Å². The minimum atomic E-state index is -2.64. The molecule has 0 saturated carbocycles.